The Morgan fingerprint density at radius 1 is 1.37 bits per heavy atom. The minimum absolute atomic E-state index is 0.318. The van der Waals surface area contributed by atoms with E-state index >= 15 is 0 Å². The monoisotopic (exact) mass is 297 g/mol. The van der Waals surface area contributed by atoms with Crippen LogP contribution in [0.25, 0.3) is 0 Å². The third-order valence-corrected chi connectivity index (χ3v) is 4.66. The fourth-order valence-corrected chi connectivity index (χ4v) is 2.51. The smallest absolute Gasteiger partial charge is 0.138 e. The molecule has 5 heteroatoms. The van der Waals surface area contributed by atoms with Gasteiger partial charge in [0.1, 0.15) is 19.9 Å². The Balaban J connectivity index is 2.95. The summed E-state index contributed by atoms with van der Waals surface area (Å²) in [7, 11) is -2.65. The van der Waals surface area contributed by atoms with E-state index in [2.05, 4.69) is 35.8 Å². The molecule has 1 rings (SSSR count). The first kappa shape index (κ1) is 16.2. The topological polar surface area (TPSA) is 42.2 Å². The molecule has 0 spiro atoms. The SMILES string of the molecule is CC(C)(C)[S@@](=O)N[C@@H](C#C[Si](C)(C)C)c1ccco1. The summed E-state index contributed by atoms with van der Waals surface area (Å²) in [5, 5.41) is 0. The van der Waals surface area contributed by atoms with Crippen molar-refractivity contribution in [3.63, 3.8) is 0 Å². The van der Waals surface area contributed by atoms with Gasteiger partial charge in [-0.15, -0.1) is 5.54 Å². The zero-order valence-electron chi connectivity index (χ0n) is 12.5. The maximum absolute atomic E-state index is 12.2. The van der Waals surface area contributed by atoms with Gasteiger partial charge in [0.2, 0.25) is 0 Å². The van der Waals surface area contributed by atoms with Gasteiger partial charge in [-0.2, -0.15) is 0 Å². The summed E-state index contributed by atoms with van der Waals surface area (Å²) in [6.07, 6.45) is 1.61. The van der Waals surface area contributed by atoms with Crippen molar-refractivity contribution >= 4 is 19.1 Å². The highest BCUT2D eigenvalue weighted by atomic mass is 32.2. The fourth-order valence-electron chi connectivity index (χ4n) is 1.19. The predicted molar refractivity (Wildman–Crippen MR) is 83.6 cm³/mol. The zero-order chi connectivity index (χ0) is 14.7. The first-order chi connectivity index (χ1) is 8.59. The summed E-state index contributed by atoms with van der Waals surface area (Å²) in [6.45, 7) is 12.3. The third kappa shape index (κ3) is 5.77. The molecule has 19 heavy (non-hydrogen) atoms. The minimum Gasteiger partial charge on any atom is -0.467 e. The van der Waals surface area contributed by atoms with Crippen molar-refractivity contribution < 1.29 is 8.63 Å². The van der Waals surface area contributed by atoms with E-state index in [1.165, 1.54) is 0 Å². The second-order valence-corrected chi connectivity index (χ2v) is 13.2. The van der Waals surface area contributed by atoms with Crippen LogP contribution in [0.1, 0.15) is 32.6 Å². The second-order valence-electron chi connectivity index (χ2n) is 6.47. The minimum atomic E-state index is -1.47. The highest BCUT2D eigenvalue weighted by Crippen LogP contribution is 2.17. The van der Waals surface area contributed by atoms with E-state index in [-0.39, 0.29) is 10.8 Å². The predicted octanol–water partition coefficient (Wildman–Crippen LogP) is 3.25. The lowest BCUT2D eigenvalue weighted by Gasteiger charge is -2.20. The maximum Gasteiger partial charge on any atom is 0.138 e. The number of furan rings is 1. The molecule has 0 aromatic carbocycles. The van der Waals surface area contributed by atoms with Gasteiger partial charge in [-0.25, -0.2) is 8.93 Å². The van der Waals surface area contributed by atoms with Crippen LogP contribution in [-0.2, 0) is 11.0 Å². The first-order valence-corrected chi connectivity index (χ1v) is 11.0. The molecule has 1 aromatic rings. The van der Waals surface area contributed by atoms with Crippen molar-refractivity contribution in [1.82, 2.24) is 4.72 Å². The fraction of sp³-hybridized carbons (Fsp3) is 0.571. The van der Waals surface area contributed by atoms with Gasteiger partial charge < -0.3 is 4.42 Å². The molecule has 0 aliphatic rings. The molecule has 0 bridgehead atoms. The molecular weight excluding hydrogens is 274 g/mol. The molecule has 1 aromatic heterocycles. The molecule has 0 saturated carbocycles. The van der Waals surface area contributed by atoms with E-state index in [1.807, 2.05) is 32.9 Å². The zero-order valence-corrected chi connectivity index (χ0v) is 14.4. The lowest BCUT2D eigenvalue weighted by Crippen LogP contribution is -2.35. The Morgan fingerprint density at radius 2 is 2.00 bits per heavy atom. The van der Waals surface area contributed by atoms with Crippen molar-refractivity contribution in [2.75, 3.05) is 0 Å². The molecule has 0 amide bonds. The summed E-state index contributed by atoms with van der Waals surface area (Å²) in [4.78, 5) is 0. The van der Waals surface area contributed by atoms with Crippen LogP contribution in [0.15, 0.2) is 22.8 Å². The summed E-state index contributed by atoms with van der Waals surface area (Å²) < 4.78 is 20.3. The second kappa shape index (κ2) is 6.08. The first-order valence-electron chi connectivity index (χ1n) is 6.34. The van der Waals surface area contributed by atoms with Gasteiger partial charge >= 0.3 is 0 Å². The normalized spacial score (nSPS) is 15.5. The van der Waals surface area contributed by atoms with E-state index in [4.69, 9.17) is 4.42 Å². The van der Waals surface area contributed by atoms with Crippen molar-refractivity contribution in [2.24, 2.45) is 0 Å². The highest BCUT2D eigenvalue weighted by molar-refractivity contribution is 7.84. The Morgan fingerprint density at radius 3 is 2.42 bits per heavy atom. The van der Waals surface area contributed by atoms with Gasteiger partial charge in [0.15, 0.2) is 0 Å². The summed E-state index contributed by atoms with van der Waals surface area (Å²) >= 11 is 0. The number of rotatable bonds is 3. The van der Waals surface area contributed by atoms with Crippen molar-refractivity contribution in [3.8, 4) is 11.5 Å². The molecule has 2 atom stereocenters. The lowest BCUT2D eigenvalue weighted by atomic mass is 10.2. The molecule has 0 aliphatic heterocycles. The molecule has 0 aliphatic carbocycles. The molecule has 1 heterocycles. The third-order valence-electron chi connectivity index (χ3n) is 2.20. The number of hydrogen-bond donors (Lipinski definition) is 1. The summed E-state index contributed by atoms with van der Waals surface area (Å²) in [5.74, 6) is 3.89. The Bertz CT molecular complexity index is 486. The van der Waals surface area contributed by atoms with Crippen LogP contribution in [0, 0.1) is 11.5 Å². The quantitative estimate of drug-likeness (QED) is 0.687. The van der Waals surface area contributed by atoms with Gasteiger partial charge in [-0.05, 0) is 32.9 Å². The molecule has 1 N–H and O–H groups in total. The van der Waals surface area contributed by atoms with Gasteiger partial charge in [-0.3, -0.25) is 0 Å². The molecule has 0 radical (unpaired) electrons. The van der Waals surface area contributed by atoms with E-state index < -0.39 is 19.1 Å². The van der Waals surface area contributed by atoms with Crippen LogP contribution in [0.2, 0.25) is 19.6 Å². The van der Waals surface area contributed by atoms with Crippen LogP contribution < -0.4 is 4.72 Å². The van der Waals surface area contributed by atoms with E-state index in [9.17, 15) is 4.21 Å². The molecule has 0 unspecified atom stereocenters. The van der Waals surface area contributed by atoms with Crippen molar-refractivity contribution in [3.05, 3.63) is 24.2 Å². The van der Waals surface area contributed by atoms with Gasteiger partial charge in [0.25, 0.3) is 0 Å². The molecule has 3 nitrogen and oxygen atoms in total. The molecule has 0 saturated heterocycles. The van der Waals surface area contributed by atoms with E-state index in [1.54, 1.807) is 6.26 Å². The van der Waals surface area contributed by atoms with Crippen LogP contribution >= 0.6 is 0 Å². The van der Waals surface area contributed by atoms with Crippen LogP contribution in [0.5, 0.6) is 0 Å². The Labute approximate surface area is 119 Å². The van der Waals surface area contributed by atoms with Gasteiger partial charge in [0, 0.05) is 0 Å². The average molecular weight is 297 g/mol. The van der Waals surface area contributed by atoms with Crippen LogP contribution in [-0.4, -0.2) is 17.0 Å². The van der Waals surface area contributed by atoms with Crippen LogP contribution in [0.3, 0.4) is 0 Å². The Hall–Kier alpha value is -0.833. The summed E-state index contributed by atoms with van der Waals surface area (Å²) in [5.41, 5.74) is 3.30. The molecule has 106 valence electrons. The molecule has 0 fully saturated rings. The van der Waals surface area contributed by atoms with Gasteiger partial charge in [-0.1, -0.05) is 25.6 Å². The standard InChI is InChI=1S/C14H23NO2SSi/c1-14(2,3)18(16)15-12(9-11-19(4,5)6)13-8-7-10-17-13/h7-8,10,12,15H,1-6H3/t12-,18+/m0/s1. The average Bonchev–Trinajstić information content (AvgIpc) is 2.74. The molecular formula is C14H23NO2SSi. The van der Waals surface area contributed by atoms with Crippen LogP contribution in [0.4, 0.5) is 0 Å². The van der Waals surface area contributed by atoms with Crippen molar-refractivity contribution in [2.45, 2.75) is 51.2 Å². The van der Waals surface area contributed by atoms with E-state index in [0.29, 0.717) is 5.76 Å². The maximum atomic E-state index is 12.2. The largest absolute Gasteiger partial charge is 0.467 e. The summed E-state index contributed by atoms with van der Waals surface area (Å²) in [6, 6.07) is 3.36. The highest BCUT2D eigenvalue weighted by Gasteiger charge is 2.24. The lowest BCUT2D eigenvalue weighted by molar-refractivity contribution is 0.485. The Kier molecular flexibility index (Phi) is 5.19. The number of hydrogen-bond acceptors (Lipinski definition) is 2. The number of nitrogens with one attached hydrogen (secondary N) is 1. The van der Waals surface area contributed by atoms with E-state index in [0.717, 1.165) is 0 Å². The van der Waals surface area contributed by atoms with Gasteiger partial charge in [0.05, 0.1) is 22.0 Å². The van der Waals surface area contributed by atoms with Crippen molar-refractivity contribution in [1.29, 1.82) is 0 Å².